The Morgan fingerprint density at radius 3 is 2.47 bits per heavy atom. The molecule has 4 aromatic rings. The molecule has 8 heteroatoms. The van der Waals surface area contributed by atoms with Crippen molar-refractivity contribution in [2.75, 3.05) is 10.6 Å². The number of carbonyl (C=O) groups excluding carboxylic acids is 1. The van der Waals surface area contributed by atoms with Crippen molar-refractivity contribution >= 4 is 28.2 Å². The minimum absolute atomic E-state index is 0.156. The van der Waals surface area contributed by atoms with Crippen LogP contribution in [0.3, 0.4) is 0 Å². The van der Waals surface area contributed by atoms with Crippen LogP contribution < -0.4 is 10.6 Å². The number of amides is 2. The number of alkyl halides is 3. The third-order valence-corrected chi connectivity index (χ3v) is 5.24. The van der Waals surface area contributed by atoms with Crippen LogP contribution in [0.5, 0.6) is 0 Å². The summed E-state index contributed by atoms with van der Waals surface area (Å²) in [7, 11) is 0. The molecule has 164 valence electrons. The van der Waals surface area contributed by atoms with Gasteiger partial charge in [-0.15, -0.1) is 0 Å². The normalized spacial score (nSPS) is 11.5. The Kier molecular flexibility index (Phi) is 5.61. The number of urea groups is 1. The Morgan fingerprint density at radius 2 is 1.69 bits per heavy atom. The summed E-state index contributed by atoms with van der Waals surface area (Å²) in [5, 5.41) is 12.0. The third kappa shape index (κ3) is 4.44. The average Bonchev–Trinajstić information content (AvgIpc) is 3.01. The van der Waals surface area contributed by atoms with Gasteiger partial charge in [0.15, 0.2) is 0 Å². The molecule has 3 aromatic carbocycles. The van der Waals surface area contributed by atoms with Crippen molar-refractivity contribution in [2.45, 2.75) is 26.6 Å². The number of anilines is 2. The highest BCUT2D eigenvalue weighted by atomic mass is 19.4. The molecule has 0 saturated heterocycles. The van der Waals surface area contributed by atoms with E-state index in [4.69, 9.17) is 0 Å². The highest BCUT2D eigenvalue weighted by Gasteiger charge is 2.30. The smallest absolute Gasteiger partial charge is 0.307 e. The number of aryl methyl sites for hydroxylation is 1. The van der Waals surface area contributed by atoms with Gasteiger partial charge in [0.2, 0.25) is 0 Å². The van der Waals surface area contributed by atoms with E-state index in [1.54, 1.807) is 24.6 Å². The zero-order valence-corrected chi connectivity index (χ0v) is 17.5. The minimum atomic E-state index is -4.41. The summed E-state index contributed by atoms with van der Waals surface area (Å²) < 4.78 is 40.6. The Morgan fingerprint density at radius 1 is 0.969 bits per heavy atom. The zero-order valence-electron chi connectivity index (χ0n) is 17.5. The molecule has 0 spiro atoms. The molecule has 0 bridgehead atoms. The molecule has 2 amide bonds. The van der Waals surface area contributed by atoms with E-state index in [-0.39, 0.29) is 6.54 Å². The second-order valence-electron chi connectivity index (χ2n) is 7.51. The van der Waals surface area contributed by atoms with Gasteiger partial charge in [-0.2, -0.15) is 18.3 Å². The number of benzene rings is 3. The molecule has 0 atom stereocenters. The number of nitrogens with one attached hydrogen (secondary N) is 2. The van der Waals surface area contributed by atoms with Crippen LogP contribution in [-0.4, -0.2) is 15.8 Å². The van der Waals surface area contributed by atoms with E-state index in [1.807, 2.05) is 42.5 Å². The summed E-state index contributed by atoms with van der Waals surface area (Å²) in [4.78, 5) is 12.7. The SMILES string of the molecule is Cc1nn(Cc2cccc(C(F)(F)F)c2)c(C)c1NC(=O)Nc1cccc2ccccc12. The fraction of sp³-hybridized carbons (Fsp3) is 0.167. The van der Waals surface area contributed by atoms with Crippen molar-refractivity contribution < 1.29 is 18.0 Å². The molecule has 4 rings (SSSR count). The Balaban J connectivity index is 1.52. The van der Waals surface area contributed by atoms with Gasteiger partial charge in [-0.05, 0) is 43.0 Å². The van der Waals surface area contributed by atoms with Crippen LogP contribution in [-0.2, 0) is 12.7 Å². The molecule has 1 aromatic heterocycles. The Bertz CT molecular complexity index is 1290. The number of nitrogens with zero attached hydrogens (tertiary/aromatic N) is 2. The fourth-order valence-corrected chi connectivity index (χ4v) is 3.65. The monoisotopic (exact) mass is 438 g/mol. The maximum atomic E-state index is 13.0. The van der Waals surface area contributed by atoms with Gasteiger partial charge in [0.25, 0.3) is 0 Å². The predicted octanol–water partition coefficient (Wildman–Crippen LogP) is 6.36. The first-order valence-corrected chi connectivity index (χ1v) is 9.98. The lowest BCUT2D eigenvalue weighted by Crippen LogP contribution is -2.20. The first kappa shape index (κ1) is 21.4. The summed E-state index contributed by atoms with van der Waals surface area (Å²) in [6.45, 7) is 3.66. The molecule has 0 unspecified atom stereocenters. The molecule has 0 radical (unpaired) electrons. The van der Waals surface area contributed by atoms with Crippen LogP contribution >= 0.6 is 0 Å². The van der Waals surface area contributed by atoms with Crippen molar-refractivity contribution in [1.29, 1.82) is 0 Å². The number of hydrogen-bond acceptors (Lipinski definition) is 2. The molecule has 32 heavy (non-hydrogen) atoms. The van der Waals surface area contributed by atoms with Gasteiger partial charge < -0.3 is 10.6 Å². The van der Waals surface area contributed by atoms with Gasteiger partial charge in [0.1, 0.15) is 0 Å². The predicted molar refractivity (Wildman–Crippen MR) is 119 cm³/mol. The second kappa shape index (κ2) is 8.37. The van der Waals surface area contributed by atoms with E-state index in [2.05, 4.69) is 15.7 Å². The summed E-state index contributed by atoms with van der Waals surface area (Å²) >= 11 is 0. The standard InChI is InChI=1S/C24H21F3N4O/c1-15-22(29-23(32)28-21-12-6-9-18-8-3-4-11-20(18)21)16(2)31(30-15)14-17-7-5-10-19(13-17)24(25,26)27/h3-13H,14H2,1-2H3,(H2,28,29,32). The van der Waals surface area contributed by atoms with E-state index in [9.17, 15) is 18.0 Å². The molecule has 0 saturated carbocycles. The van der Waals surface area contributed by atoms with Gasteiger partial charge >= 0.3 is 12.2 Å². The largest absolute Gasteiger partial charge is 0.416 e. The number of rotatable bonds is 4. The second-order valence-corrected chi connectivity index (χ2v) is 7.51. The average molecular weight is 438 g/mol. The van der Waals surface area contributed by atoms with Gasteiger partial charge in [-0.3, -0.25) is 4.68 Å². The molecule has 1 heterocycles. The summed E-state index contributed by atoms with van der Waals surface area (Å²) in [6.07, 6.45) is -4.41. The molecule has 2 N–H and O–H groups in total. The molecule has 0 aliphatic carbocycles. The Hall–Kier alpha value is -3.81. The lowest BCUT2D eigenvalue weighted by atomic mass is 10.1. The third-order valence-electron chi connectivity index (χ3n) is 5.24. The summed E-state index contributed by atoms with van der Waals surface area (Å²) in [5.41, 5.74) is 2.18. The van der Waals surface area contributed by atoms with Crippen molar-refractivity contribution in [3.8, 4) is 0 Å². The highest BCUT2D eigenvalue weighted by molar-refractivity contribution is 6.06. The molecular weight excluding hydrogens is 417 g/mol. The van der Waals surface area contributed by atoms with E-state index in [1.165, 1.54) is 6.07 Å². The lowest BCUT2D eigenvalue weighted by Gasteiger charge is -2.11. The molecule has 0 aliphatic heterocycles. The zero-order chi connectivity index (χ0) is 22.9. The van der Waals surface area contributed by atoms with Gasteiger partial charge in [0, 0.05) is 5.39 Å². The van der Waals surface area contributed by atoms with Crippen LogP contribution in [0.25, 0.3) is 10.8 Å². The molecule has 0 fully saturated rings. The Labute approximate surface area is 182 Å². The van der Waals surface area contributed by atoms with E-state index in [0.29, 0.717) is 28.3 Å². The first-order valence-electron chi connectivity index (χ1n) is 9.98. The van der Waals surface area contributed by atoms with Crippen molar-refractivity contribution in [3.05, 3.63) is 89.2 Å². The summed E-state index contributed by atoms with van der Waals surface area (Å²) in [6, 6.07) is 18.1. The number of fused-ring (bicyclic) bond motifs is 1. The maximum absolute atomic E-state index is 13.0. The van der Waals surface area contributed by atoms with Crippen molar-refractivity contribution in [2.24, 2.45) is 0 Å². The quantitative estimate of drug-likeness (QED) is 0.389. The lowest BCUT2D eigenvalue weighted by molar-refractivity contribution is -0.137. The summed E-state index contributed by atoms with van der Waals surface area (Å²) in [5.74, 6) is 0. The molecular formula is C24H21F3N4O. The van der Waals surface area contributed by atoms with E-state index < -0.39 is 17.8 Å². The van der Waals surface area contributed by atoms with Crippen LogP contribution in [0.2, 0.25) is 0 Å². The minimum Gasteiger partial charge on any atom is -0.307 e. The fourth-order valence-electron chi connectivity index (χ4n) is 3.65. The maximum Gasteiger partial charge on any atom is 0.416 e. The van der Waals surface area contributed by atoms with E-state index >= 15 is 0 Å². The van der Waals surface area contributed by atoms with Crippen LogP contribution in [0, 0.1) is 13.8 Å². The van der Waals surface area contributed by atoms with Crippen LogP contribution in [0.4, 0.5) is 29.3 Å². The number of hydrogen-bond donors (Lipinski definition) is 2. The molecule has 5 nitrogen and oxygen atoms in total. The van der Waals surface area contributed by atoms with E-state index in [0.717, 1.165) is 22.9 Å². The van der Waals surface area contributed by atoms with Gasteiger partial charge in [0.05, 0.1) is 34.9 Å². The number of aromatic nitrogens is 2. The van der Waals surface area contributed by atoms with Crippen LogP contribution in [0.1, 0.15) is 22.5 Å². The number of halogens is 3. The molecule has 0 aliphatic rings. The van der Waals surface area contributed by atoms with Crippen molar-refractivity contribution in [1.82, 2.24) is 9.78 Å². The number of carbonyl (C=O) groups is 1. The topological polar surface area (TPSA) is 59.0 Å². The van der Waals surface area contributed by atoms with Crippen LogP contribution in [0.15, 0.2) is 66.7 Å². The van der Waals surface area contributed by atoms with Gasteiger partial charge in [-0.25, -0.2) is 4.79 Å². The van der Waals surface area contributed by atoms with Gasteiger partial charge in [-0.1, -0.05) is 48.5 Å². The highest BCUT2D eigenvalue weighted by Crippen LogP contribution is 2.30. The first-order chi connectivity index (χ1) is 15.2. The van der Waals surface area contributed by atoms with Crippen molar-refractivity contribution in [3.63, 3.8) is 0 Å².